The quantitative estimate of drug-likeness (QED) is 0.700. The number of carbonyl (C=O) groups is 1. The van der Waals surface area contributed by atoms with Gasteiger partial charge in [0.05, 0.1) is 11.5 Å². The van der Waals surface area contributed by atoms with Gasteiger partial charge in [-0.1, -0.05) is 12.8 Å². The highest BCUT2D eigenvalue weighted by Crippen LogP contribution is 2.32. The van der Waals surface area contributed by atoms with E-state index >= 15 is 0 Å². The fourth-order valence-electron chi connectivity index (χ4n) is 3.50. The first-order chi connectivity index (χ1) is 12.3. The van der Waals surface area contributed by atoms with Crippen LogP contribution in [0.25, 0.3) is 11.0 Å². The molecule has 0 aliphatic heterocycles. The number of sulfonamides is 1. The lowest BCUT2D eigenvalue weighted by Crippen LogP contribution is -2.51. The monoisotopic (exact) mass is 416 g/mol. The number of rotatable bonds is 6. The minimum atomic E-state index is -3.73. The zero-order chi connectivity index (χ0) is 18.9. The van der Waals surface area contributed by atoms with E-state index in [0.717, 1.165) is 25.7 Å². The van der Waals surface area contributed by atoms with E-state index < -0.39 is 21.5 Å². The molecule has 1 heterocycles. The molecule has 1 fully saturated rings. The number of benzene rings is 1. The maximum absolute atomic E-state index is 12.9. The van der Waals surface area contributed by atoms with Crippen molar-refractivity contribution in [2.24, 2.45) is 5.73 Å². The Morgan fingerprint density at radius 2 is 2.00 bits per heavy atom. The fraction of sp³-hybridized carbons (Fsp3) is 0.500. The first-order valence-electron chi connectivity index (χ1n) is 8.76. The average Bonchev–Trinajstić information content (AvgIpc) is 3.20. The summed E-state index contributed by atoms with van der Waals surface area (Å²) in [5, 5.41) is 0.573. The Kier molecular flexibility index (Phi) is 6.57. The van der Waals surface area contributed by atoms with Gasteiger partial charge in [0.15, 0.2) is 0 Å². The molecule has 0 saturated heterocycles. The van der Waals surface area contributed by atoms with Gasteiger partial charge in [-0.2, -0.15) is 0 Å². The van der Waals surface area contributed by atoms with Crippen LogP contribution in [0, 0.1) is 6.92 Å². The van der Waals surface area contributed by atoms with Crippen LogP contribution in [-0.2, 0) is 14.8 Å². The van der Waals surface area contributed by atoms with E-state index in [4.69, 9.17) is 14.9 Å². The molecule has 9 heteroatoms. The molecule has 150 valence electrons. The SMILES string of the molecule is CCOC(=O)c1oc2ccc(S(=O)(=O)NC3(CN)CCCC3)cc2c1C.Cl. The summed E-state index contributed by atoms with van der Waals surface area (Å²) in [6.07, 6.45) is 3.40. The van der Waals surface area contributed by atoms with Crippen molar-refractivity contribution >= 4 is 39.4 Å². The van der Waals surface area contributed by atoms with Gasteiger partial charge < -0.3 is 14.9 Å². The van der Waals surface area contributed by atoms with E-state index in [1.807, 2.05) is 0 Å². The second-order valence-corrected chi connectivity index (χ2v) is 8.41. The molecule has 0 radical (unpaired) electrons. The van der Waals surface area contributed by atoms with Gasteiger partial charge in [0.1, 0.15) is 5.58 Å². The summed E-state index contributed by atoms with van der Waals surface area (Å²) >= 11 is 0. The van der Waals surface area contributed by atoms with Crippen LogP contribution in [0.4, 0.5) is 0 Å². The van der Waals surface area contributed by atoms with Gasteiger partial charge >= 0.3 is 5.97 Å². The summed E-state index contributed by atoms with van der Waals surface area (Å²) in [6, 6.07) is 4.56. The number of carbonyl (C=O) groups excluding carboxylic acids is 1. The molecule has 3 rings (SSSR count). The van der Waals surface area contributed by atoms with Crippen molar-refractivity contribution in [3.8, 4) is 0 Å². The van der Waals surface area contributed by atoms with Crippen molar-refractivity contribution in [3.63, 3.8) is 0 Å². The molecule has 1 aliphatic carbocycles. The van der Waals surface area contributed by atoms with Crippen LogP contribution in [0.5, 0.6) is 0 Å². The van der Waals surface area contributed by atoms with Crippen molar-refractivity contribution in [1.29, 1.82) is 0 Å². The molecule has 2 aromatic rings. The molecule has 1 aromatic carbocycles. The third kappa shape index (κ3) is 4.13. The topological polar surface area (TPSA) is 112 Å². The van der Waals surface area contributed by atoms with Crippen LogP contribution < -0.4 is 10.5 Å². The average molecular weight is 417 g/mol. The molecule has 1 saturated carbocycles. The third-order valence-corrected chi connectivity index (χ3v) is 6.56. The van der Waals surface area contributed by atoms with E-state index in [9.17, 15) is 13.2 Å². The lowest BCUT2D eigenvalue weighted by molar-refractivity contribution is 0.0491. The van der Waals surface area contributed by atoms with E-state index in [1.54, 1.807) is 19.9 Å². The van der Waals surface area contributed by atoms with Gasteiger partial charge in [0, 0.05) is 23.0 Å². The number of hydrogen-bond acceptors (Lipinski definition) is 6. The Balaban J connectivity index is 0.00000261. The van der Waals surface area contributed by atoms with Crippen LogP contribution in [0.1, 0.15) is 48.7 Å². The van der Waals surface area contributed by atoms with Crippen molar-refractivity contribution in [3.05, 3.63) is 29.5 Å². The highest BCUT2D eigenvalue weighted by atomic mass is 35.5. The predicted octanol–water partition coefficient (Wildman–Crippen LogP) is 2.89. The maximum atomic E-state index is 12.9. The van der Waals surface area contributed by atoms with Crippen molar-refractivity contribution in [1.82, 2.24) is 4.72 Å². The lowest BCUT2D eigenvalue weighted by Gasteiger charge is -2.28. The van der Waals surface area contributed by atoms with Crippen LogP contribution in [0.15, 0.2) is 27.5 Å². The Morgan fingerprint density at radius 3 is 2.59 bits per heavy atom. The van der Waals surface area contributed by atoms with Gasteiger partial charge in [-0.15, -0.1) is 12.4 Å². The number of nitrogens with one attached hydrogen (secondary N) is 1. The summed E-state index contributed by atoms with van der Waals surface area (Å²) in [6.45, 7) is 3.93. The molecule has 0 amide bonds. The van der Waals surface area contributed by atoms with E-state index in [1.165, 1.54) is 12.1 Å². The number of ether oxygens (including phenoxy) is 1. The van der Waals surface area contributed by atoms with Crippen molar-refractivity contribution < 1.29 is 22.4 Å². The lowest BCUT2D eigenvalue weighted by atomic mass is 10.0. The molecule has 0 spiro atoms. The standard InChI is InChI=1S/C18H24N2O5S.ClH/c1-3-24-17(21)16-12(2)14-10-13(6-7-15(14)25-16)26(22,23)20-18(11-19)8-4-5-9-18;/h6-7,10,20H,3-5,8-9,11,19H2,1-2H3;1H. The fourth-order valence-corrected chi connectivity index (χ4v) is 5.00. The molecule has 0 atom stereocenters. The summed E-state index contributed by atoms with van der Waals surface area (Å²) in [7, 11) is -3.73. The normalized spacial score (nSPS) is 16.3. The molecule has 1 aliphatic rings. The minimum absolute atomic E-state index is 0. The summed E-state index contributed by atoms with van der Waals surface area (Å²) < 4.78 is 39.0. The smallest absolute Gasteiger partial charge is 0.374 e. The molecular weight excluding hydrogens is 392 g/mol. The van der Waals surface area contributed by atoms with E-state index in [2.05, 4.69) is 4.72 Å². The van der Waals surface area contributed by atoms with Crippen molar-refractivity contribution in [2.45, 2.75) is 50.0 Å². The largest absolute Gasteiger partial charge is 0.460 e. The van der Waals surface area contributed by atoms with Gasteiger partial charge in [0.25, 0.3) is 0 Å². The highest BCUT2D eigenvalue weighted by molar-refractivity contribution is 7.89. The van der Waals surface area contributed by atoms with Gasteiger partial charge in [-0.25, -0.2) is 17.9 Å². The number of nitrogens with two attached hydrogens (primary N) is 1. The Hall–Kier alpha value is -1.61. The van der Waals surface area contributed by atoms with Crippen LogP contribution in [0.2, 0.25) is 0 Å². The molecule has 1 aromatic heterocycles. The highest BCUT2D eigenvalue weighted by Gasteiger charge is 2.37. The number of esters is 1. The summed E-state index contributed by atoms with van der Waals surface area (Å²) in [5.41, 5.74) is 6.27. The summed E-state index contributed by atoms with van der Waals surface area (Å²) in [5.74, 6) is -0.463. The number of halogens is 1. The first kappa shape index (κ1) is 21.7. The predicted molar refractivity (Wildman–Crippen MR) is 105 cm³/mol. The van der Waals surface area contributed by atoms with Crippen LogP contribution in [-0.4, -0.2) is 33.1 Å². The third-order valence-electron chi connectivity index (χ3n) is 4.98. The number of fused-ring (bicyclic) bond motifs is 1. The summed E-state index contributed by atoms with van der Waals surface area (Å²) in [4.78, 5) is 12.1. The van der Waals surface area contributed by atoms with Crippen LogP contribution >= 0.6 is 12.4 Å². The Morgan fingerprint density at radius 1 is 1.33 bits per heavy atom. The first-order valence-corrected chi connectivity index (χ1v) is 10.2. The molecule has 27 heavy (non-hydrogen) atoms. The second kappa shape index (κ2) is 8.18. The number of hydrogen-bond donors (Lipinski definition) is 2. The zero-order valence-corrected chi connectivity index (χ0v) is 17.0. The molecule has 0 unspecified atom stereocenters. The molecular formula is C18H25ClN2O5S. The van der Waals surface area contributed by atoms with E-state index in [-0.39, 0.29) is 36.2 Å². The molecule has 7 nitrogen and oxygen atoms in total. The number of furan rings is 1. The minimum Gasteiger partial charge on any atom is -0.460 e. The van der Waals surface area contributed by atoms with Gasteiger partial charge in [-0.3, -0.25) is 0 Å². The molecule has 3 N–H and O–H groups in total. The van der Waals surface area contributed by atoms with Crippen LogP contribution in [0.3, 0.4) is 0 Å². The Bertz CT molecular complexity index is 933. The second-order valence-electron chi connectivity index (χ2n) is 6.73. The zero-order valence-electron chi connectivity index (χ0n) is 15.4. The molecule has 0 bridgehead atoms. The van der Waals surface area contributed by atoms with Gasteiger partial charge in [-0.05, 0) is 44.9 Å². The van der Waals surface area contributed by atoms with E-state index in [0.29, 0.717) is 16.5 Å². The Labute approximate surface area is 165 Å². The van der Waals surface area contributed by atoms with Crippen molar-refractivity contribution in [2.75, 3.05) is 13.2 Å². The number of aryl methyl sites for hydroxylation is 1. The van der Waals surface area contributed by atoms with Gasteiger partial charge in [0.2, 0.25) is 15.8 Å². The maximum Gasteiger partial charge on any atom is 0.374 e.